The van der Waals surface area contributed by atoms with Gasteiger partial charge in [-0.15, -0.1) is 0 Å². The normalized spacial score (nSPS) is 22.2. The van der Waals surface area contributed by atoms with E-state index in [1.807, 2.05) is 13.8 Å². The molecule has 1 unspecified atom stereocenters. The van der Waals surface area contributed by atoms with Crippen LogP contribution in [0.4, 0.5) is 5.95 Å². The van der Waals surface area contributed by atoms with Crippen molar-refractivity contribution in [3.63, 3.8) is 0 Å². The van der Waals surface area contributed by atoms with E-state index in [2.05, 4.69) is 19.8 Å². The number of nitrogens with two attached hydrogens (primary N) is 1. The van der Waals surface area contributed by atoms with Crippen molar-refractivity contribution >= 4 is 11.9 Å². The summed E-state index contributed by atoms with van der Waals surface area (Å²) in [6, 6.07) is 0.301. The van der Waals surface area contributed by atoms with Gasteiger partial charge in [0.1, 0.15) is 0 Å². The SMILES string of the molecule is Cc1nc(N)nc(C)c1CC(=O)N1CCCCC1CN1CCOCC1. The molecule has 0 spiro atoms. The Hall–Kier alpha value is -1.73. The van der Waals surface area contributed by atoms with Crippen molar-refractivity contribution in [1.29, 1.82) is 0 Å². The highest BCUT2D eigenvalue weighted by atomic mass is 16.5. The number of ether oxygens (including phenoxy) is 1. The van der Waals surface area contributed by atoms with Crippen molar-refractivity contribution < 1.29 is 9.53 Å². The van der Waals surface area contributed by atoms with E-state index in [1.165, 1.54) is 6.42 Å². The second-order valence-electron chi connectivity index (χ2n) is 7.06. The zero-order valence-corrected chi connectivity index (χ0v) is 15.3. The first-order chi connectivity index (χ1) is 12.0. The molecule has 2 fully saturated rings. The average molecular weight is 347 g/mol. The summed E-state index contributed by atoms with van der Waals surface area (Å²) in [4.78, 5) is 25.9. The molecule has 7 heteroatoms. The molecule has 0 saturated carbocycles. The Morgan fingerprint density at radius 3 is 2.52 bits per heavy atom. The number of nitrogens with zero attached hydrogens (tertiary/aromatic N) is 4. The first-order valence-corrected chi connectivity index (χ1v) is 9.23. The van der Waals surface area contributed by atoms with Gasteiger partial charge in [0.15, 0.2) is 0 Å². The van der Waals surface area contributed by atoms with E-state index in [0.29, 0.717) is 12.5 Å². The fourth-order valence-electron chi connectivity index (χ4n) is 3.87. The number of anilines is 1. The van der Waals surface area contributed by atoms with Crippen LogP contribution in [-0.4, -0.2) is 71.1 Å². The lowest BCUT2D eigenvalue weighted by Crippen LogP contribution is -2.51. The van der Waals surface area contributed by atoms with E-state index in [0.717, 1.165) is 69.2 Å². The van der Waals surface area contributed by atoms with Crippen LogP contribution in [0.3, 0.4) is 0 Å². The number of nitrogen functional groups attached to an aromatic ring is 1. The summed E-state index contributed by atoms with van der Waals surface area (Å²) in [7, 11) is 0. The summed E-state index contributed by atoms with van der Waals surface area (Å²) in [5.74, 6) is 0.451. The quantitative estimate of drug-likeness (QED) is 0.872. The summed E-state index contributed by atoms with van der Waals surface area (Å²) in [6.07, 6.45) is 3.72. The Labute approximate surface area is 149 Å². The predicted molar refractivity (Wildman–Crippen MR) is 96.2 cm³/mol. The van der Waals surface area contributed by atoms with Crippen LogP contribution in [0.2, 0.25) is 0 Å². The van der Waals surface area contributed by atoms with Crippen LogP contribution < -0.4 is 5.73 Å². The smallest absolute Gasteiger partial charge is 0.227 e. The predicted octanol–water partition coefficient (Wildman–Crippen LogP) is 0.931. The van der Waals surface area contributed by atoms with Crippen LogP contribution in [0.5, 0.6) is 0 Å². The molecular formula is C18H29N5O2. The number of piperidine rings is 1. The van der Waals surface area contributed by atoms with Gasteiger partial charge >= 0.3 is 0 Å². The van der Waals surface area contributed by atoms with Gasteiger partial charge in [0.25, 0.3) is 0 Å². The second-order valence-corrected chi connectivity index (χ2v) is 7.06. The first-order valence-electron chi connectivity index (χ1n) is 9.23. The van der Waals surface area contributed by atoms with Gasteiger partial charge in [-0.2, -0.15) is 0 Å². The number of rotatable bonds is 4. The Morgan fingerprint density at radius 2 is 1.84 bits per heavy atom. The van der Waals surface area contributed by atoms with E-state index >= 15 is 0 Å². The number of carbonyl (C=O) groups excluding carboxylic acids is 1. The molecule has 2 N–H and O–H groups in total. The molecule has 0 aliphatic carbocycles. The number of amides is 1. The summed E-state index contributed by atoms with van der Waals surface area (Å²) in [5, 5.41) is 0. The van der Waals surface area contributed by atoms with Crippen LogP contribution in [0.1, 0.15) is 36.2 Å². The van der Waals surface area contributed by atoms with Crippen LogP contribution >= 0.6 is 0 Å². The molecule has 1 aromatic rings. The number of aryl methyl sites for hydroxylation is 2. The summed E-state index contributed by atoms with van der Waals surface area (Å²) in [6.45, 7) is 9.10. The molecule has 1 amide bonds. The van der Waals surface area contributed by atoms with Crippen molar-refractivity contribution in [2.24, 2.45) is 0 Å². The summed E-state index contributed by atoms with van der Waals surface area (Å²) < 4.78 is 5.43. The van der Waals surface area contributed by atoms with Gasteiger partial charge in [-0.05, 0) is 33.1 Å². The maximum atomic E-state index is 13.0. The highest BCUT2D eigenvalue weighted by Crippen LogP contribution is 2.21. The third-order valence-electron chi connectivity index (χ3n) is 5.29. The largest absolute Gasteiger partial charge is 0.379 e. The van der Waals surface area contributed by atoms with E-state index in [1.54, 1.807) is 0 Å². The lowest BCUT2D eigenvalue weighted by molar-refractivity contribution is -0.134. The molecule has 3 heterocycles. The van der Waals surface area contributed by atoms with Gasteiger partial charge in [0.2, 0.25) is 11.9 Å². The van der Waals surface area contributed by atoms with Gasteiger partial charge in [0.05, 0.1) is 19.6 Å². The van der Waals surface area contributed by atoms with Crippen molar-refractivity contribution in [3.8, 4) is 0 Å². The average Bonchev–Trinajstić information content (AvgIpc) is 2.59. The molecule has 3 rings (SSSR count). The number of likely N-dealkylation sites (tertiary alicyclic amines) is 1. The third kappa shape index (κ3) is 4.46. The Bertz CT molecular complexity index is 592. The van der Waals surface area contributed by atoms with Crippen LogP contribution in [0.25, 0.3) is 0 Å². The van der Waals surface area contributed by atoms with Crippen molar-refractivity contribution in [2.75, 3.05) is 45.1 Å². The summed E-state index contributed by atoms with van der Waals surface area (Å²) >= 11 is 0. The minimum absolute atomic E-state index is 0.178. The Balaban J connectivity index is 1.68. The van der Waals surface area contributed by atoms with Crippen molar-refractivity contribution in [1.82, 2.24) is 19.8 Å². The molecule has 25 heavy (non-hydrogen) atoms. The number of hydrogen-bond acceptors (Lipinski definition) is 6. The fourth-order valence-corrected chi connectivity index (χ4v) is 3.87. The number of morpholine rings is 1. The highest BCUT2D eigenvalue weighted by Gasteiger charge is 2.29. The number of aromatic nitrogens is 2. The lowest BCUT2D eigenvalue weighted by atomic mass is 9.99. The topological polar surface area (TPSA) is 84.6 Å². The Kier molecular flexibility index (Phi) is 5.86. The zero-order valence-electron chi connectivity index (χ0n) is 15.3. The van der Waals surface area contributed by atoms with E-state index in [-0.39, 0.29) is 11.9 Å². The lowest BCUT2D eigenvalue weighted by Gasteiger charge is -2.39. The molecule has 0 aromatic carbocycles. The molecule has 2 aliphatic heterocycles. The molecule has 2 aliphatic rings. The monoisotopic (exact) mass is 347 g/mol. The molecule has 0 radical (unpaired) electrons. The molecular weight excluding hydrogens is 318 g/mol. The molecule has 138 valence electrons. The van der Waals surface area contributed by atoms with Crippen LogP contribution in [-0.2, 0) is 16.0 Å². The Morgan fingerprint density at radius 1 is 1.16 bits per heavy atom. The molecule has 7 nitrogen and oxygen atoms in total. The van der Waals surface area contributed by atoms with Crippen molar-refractivity contribution in [2.45, 2.75) is 45.6 Å². The van der Waals surface area contributed by atoms with Gasteiger partial charge < -0.3 is 15.4 Å². The fraction of sp³-hybridized carbons (Fsp3) is 0.722. The number of carbonyl (C=O) groups is 1. The van der Waals surface area contributed by atoms with Crippen molar-refractivity contribution in [3.05, 3.63) is 17.0 Å². The van der Waals surface area contributed by atoms with Gasteiger partial charge in [-0.3, -0.25) is 9.69 Å². The standard InChI is InChI=1S/C18H29N5O2/c1-13-16(14(2)21-18(19)20-13)11-17(24)23-6-4-3-5-15(23)12-22-7-9-25-10-8-22/h15H,3-12H2,1-2H3,(H2,19,20,21). The van der Waals surface area contributed by atoms with E-state index < -0.39 is 0 Å². The zero-order chi connectivity index (χ0) is 17.8. The van der Waals surface area contributed by atoms with Gasteiger partial charge in [-0.25, -0.2) is 9.97 Å². The van der Waals surface area contributed by atoms with E-state index in [9.17, 15) is 4.79 Å². The third-order valence-corrected chi connectivity index (χ3v) is 5.29. The highest BCUT2D eigenvalue weighted by molar-refractivity contribution is 5.79. The number of hydrogen-bond donors (Lipinski definition) is 1. The van der Waals surface area contributed by atoms with Gasteiger partial charge in [-0.1, -0.05) is 0 Å². The molecule has 2 saturated heterocycles. The second kappa shape index (κ2) is 8.10. The van der Waals surface area contributed by atoms with E-state index in [4.69, 9.17) is 10.5 Å². The maximum Gasteiger partial charge on any atom is 0.227 e. The molecule has 1 aromatic heterocycles. The van der Waals surface area contributed by atoms with Crippen LogP contribution in [0.15, 0.2) is 0 Å². The minimum Gasteiger partial charge on any atom is -0.379 e. The molecule has 1 atom stereocenters. The first kappa shape index (κ1) is 18.1. The van der Waals surface area contributed by atoms with Crippen LogP contribution in [0, 0.1) is 13.8 Å². The van der Waals surface area contributed by atoms with Gasteiger partial charge in [0, 0.05) is 49.2 Å². The minimum atomic E-state index is 0.178. The maximum absolute atomic E-state index is 13.0. The molecule has 0 bridgehead atoms. The summed E-state index contributed by atoms with van der Waals surface area (Å²) in [5.41, 5.74) is 8.22.